The fraction of sp³-hybridized carbons (Fsp3) is 0.636. The van der Waals surface area contributed by atoms with Crippen LogP contribution in [0.4, 0.5) is 0 Å². The Morgan fingerprint density at radius 3 is 2.44 bits per heavy atom. The van der Waals surface area contributed by atoms with Gasteiger partial charge in [0.1, 0.15) is 12.9 Å². The number of nitrogens with zero attached hydrogens (tertiary/aromatic N) is 3. The third-order valence-corrected chi connectivity index (χ3v) is 2.60. The van der Waals surface area contributed by atoms with Gasteiger partial charge in [-0.2, -0.15) is 5.10 Å². The van der Waals surface area contributed by atoms with Gasteiger partial charge in [-0.1, -0.05) is 13.8 Å². The van der Waals surface area contributed by atoms with E-state index in [-0.39, 0.29) is 23.9 Å². The van der Waals surface area contributed by atoms with E-state index >= 15 is 0 Å². The molecule has 0 aliphatic carbocycles. The van der Waals surface area contributed by atoms with Gasteiger partial charge < -0.3 is 5.32 Å². The zero-order valence-corrected chi connectivity index (χ0v) is 11.0. The second kappa shape index (κ2) is 5.61. The number of amides is 1. The van der Waals surface area contributed by atoms with Gasteiger partial charge in [-0.15, -0.1) is 0 Å². The summed E-state index contributed by atoms with van der Waals surface area (Å²) in [5.74, 6) is -0.497. The average molecular weight is 254 g/mol. The third-order valence-electron chi connectivity index (χ3n) is 2.60. The molecule has 7 nitrogen and oxygen atoms in total. The first-order valence-corrected chi connectivity index (χ1v) is 5.71. The summed E-state index contributed by atoms with van der Waals surface area (Å²) in [5, 5.41) is 6.38. The largest absolute Gasteiger partial charge is 0.345 e. The Morgan fingerprint density at radius 2 is 2.06 bits per heavy atom. The van der Waals surface area contributed by atoms with Crippen LogP contribution in [0.2, 0.25) is 0 Å². The van der Waals surface area contributed by atoms with Crippen LogP contribution in [-0.2, 0) is 23.2 Å². The van der Waals surface area contributed by atoms with E-state index in [1.54, 1.807) is 7.05 Å². The maximum absolute atomic E-state index is 11.7. The molecule has 0 aliphatic heterocycles. The van der Waals surface area contributed by atoms with Crippen LogP contribution in [0, 0.1) is 5.92 Å². The molecule has 1 aromatic rings. The SMILES string of the molecule is CC(=O)C(NC(=O)Cn1ncn(C)c1=O)C(C)C. The molecule has 1 heterocycles. The lowest BCUT2D eigenvalue weighted by atomic mass is 10.0. The quantitative estimate of drug-likeness (QED) is 0.753. The normalized spacial score (nSPS) is 12.5. The third kappa shape index (κ3) is 3.28. The Morgan fingerprint density at radius 1 is 1.44 bits per heavy atom. The molecule has 0 bridgehead atoms. The van der Waals surface area contributed by atoms with E-state index in [1.165, 1.54) is 17.8 Å². The lowest BCUT2D eigenvalue weighted by Gasteiger charge is -2.19. The Hall–Kier alpha value is -1.92. The topological polar surface area (TPSA) is 86.0 Å². The predicted octanol–water partition coefficient (Wildman–Crippen LogP) is -0.688. The number of ketones is 1. The van der Waals surface area contributed by atoms with E-state index in [2.05, 4.69) is 10.4 Å². The Bertz CT molecular complexity index is 501. The second-order valence-electron chi connectivity index (χ2n) is 4.58. The Labute approximate surface area is 105 Å². The highest BCUT2D eigenvalue weighted by Crippen LogP contribution is 2.02. The van der Waals surface area contributed by atoms with Crippen molar-refractivity contribution in [3.05, 3.63) is 16.8 Å². The van der Waals surface area contributed by atoms with Gasteiger partial charge in [0.05, 0.1) is 6.04 Å². The number of hydrogen-bond donors (Lipinski definition) is 1. The molecule has 0 radical (unpaired) electrons. The summed E-state index contributed by atoms with van der Waals surface area (Å²) >= 11 is 0. The van der Waals surface area contributed by atoms with Crippen molar-refractivity contribution in [2.75, 3.05) is 0 Å². The zero-order valence-electron chi connectivity index (χ0n) is 11.0. The van der Waals surface area contributed by atoms with Crippen molar-refractivity contribution in [1.82, 2.24) is 19.7 Å². The van der Waals surface area contributed by atoms with Gasteiger partial charge in [0.2, 0.25) is 5.91 Å². The molecule has 7 heteroatoms. The molecule has 1 aromatic heterocycles. The van der Waals surface area contributed by atoms with E-state index in [0.717, 1.165) is 4.68 Å². The molecule has 1 unspecified atom stereocenters. The van der Waals surface area contributed by atoms with Crippen LogP contribution < -0.4 is 11.0 Å². The minimum absolute atomic E-state index is 0.00639. The van der Waals surface area contributed by atoms with Gasteiger partial charge in [-0.05, 0) is 12.8 Å². The molecule has 1 atom stereocenters. The Balaban J connectivity index is 2.69. The van der Waals surface area contributed by atoms with Crippen molar-refractivity contribution < 1.29 is 9.59 Å². The molecule has 0 saturated carbocycles. The Kier molecular flexibility index (Phi) is 4.41. The maximum atomic E-state index is 11.7. The molecule has 0 aromatic carbocycles. The highest BCUT2D eigenvalue weighted by atomic mass is 16.2. The van der Waals surface area contributed by atoms with Gasteiger partial charge in [0.25, 0.3) is 0 Å². The van der Waals surface area contributed by atoms with Gasteiger partial charge in [0.15, 0.2) is 5.78 Å². The van der Waals surface area contributed by atoms with Gasteiger partial charge >= 0.3 is 5.69 Å². The average Bonchev–Trinajstić information content (AvgIpc) is 2.57. The predicted molar refractivity (Wildman–Crippen MR) is 64.9 cm³/mol. The molecule has 100 valence electrons. The molecule has 0 aliphatic rings. The number of Topliss-reactive ketones (excluding diaryl/α,β-unsaturated/α-hetero) is 1. The maximum Gasteiger partial charge on any atom is 0.345 e. The minimum Gasteiger partial charge on any atom is -0.344 e. The van der Waals surface area contributed by atoms with Crippen LogP contribution in [0.3, 0.4) is 0 Å². The van der Waals surface area contributed by atoms with Crippen molar-refractivity contribution >= 4 is 11.7 Å². The summed E-state index contributed by atoms with van der Waals surface area (Å²) < 4.78 is 2.32. The van der Waals surface area contributed by atoms with Crippen molar-refractivity contribution in [3.8, 4) is 0 Å². The van der Waals surface area contributed by atoms with E-state index in [1.807, 2.05) is 13.8 Å². The van der Waals surface area contributed by atoms with E-state index in [0.29, 0.717) is 0 Å². The summed E-state index contributed by atoms with van der Waals surface area (Å²) in [4.78, 5) is 34.5. The number of aromatic nitrogens is 3. The van der Waals surface area contributed by atoms with Crippen LogP contribution >= 0.6 is 0 Å². The summed E-state index contributed by atoms with van der Waals surface area (Å²) in [7, 11) is 1.55. The van der Waals surface area contributed by atoms with Crippen LogP contribution in [0.15, 0.2) is 11.1 Å². The molecule has 0 fully saturated rings. The number of carbonyl (C=O) groups is 2. The molecule has 1 amide bonds. The lowest BCUT2D eigenvalue weighted by Crippen LogP contribution is -2.45. The van der Waals surface area contributed by atoms with E-state index < -0.39 is 11.9 Å². The molecule has 0 saturated heterocycles. The lowest BCUT2D eigenvalue weighted by molar-refractivity contribution is -0.128. The molecule has 1 rings (SSSR count). The molecule has 1 N–H and O–H groups in total. The summed E-state index contributed by atoms with van der Waals surface area (Å²) in [6, 6.07) is -0.531. The summed E-state index contributed by atoms with van der Waals surface area (Å²) in [5.41, 5.74) is -0.367. The van der Waals surface area contributed by atoms with Crippen LogP contribution in [0.5, 0.6) is 0 Å². The zero-order chi connectivity index (χ0) is 13.9. The van der Waals surface area contributed by atoms with Gasteiger partial charge in [0, 0.05) is 7.05 Å². The number of carbonyl (C=O) groups excluding carboxylic acids is 2. The first kappa shape index (κ1) is 14.1. The van der Waals surface area contributed by atoms with E-state index in [9.17, 15) is 14.4 Å². The standard InChI is InChI=1S/C11H18N4O3/c1-7(2)10(8(3)16)13-9(17)5-15-11(18)14(4)6-12-15/h6-7,10H,5H2,1-4H3,(H,13,17). The summed E-state index contributed by atoms with van der Waals surface area (Å²) in [6.07, 6.45) is 1.33. The highest BCUT2D eigenvalue weighted by Gasteiger charge is 2.21. The van der Waals surface area contributed by atoms with Crippen molar-refractivity contribution in [2.24, 2.45) is 13.0 Å². The van der Waals surface area contributed by atoms with Crippen molar-refractivity contribution in [1.29, 1.82) is 0 Å². The second-order valence-corrected chi connectivity index (χ2v) is 4.58. The number of rotatable bonds is 5. The van der Waals surface area contributed by atoms with Crippen LogP contribution in [0.1, 0.15) is 20.8 Å². The van der Waals surface area contributed by atoms with E-state index in [4.69, 9.17) is 0 Å². The molecular formula is C11H18N4O3. The van der Waals surface area contributed by atoms with Crippen LogP contribution in [0.25, 0.3) is 0 Å². The van der Waals surface area contributed by atoms with Gasteiger partial charge in [-0.3, -0.25) is 14.2 Å². The first-order valence-electron chi connectivity index (χ1n) is 5.71. The highest BCUT2D eigenvalue weighted by molar-refractivity contribution is 5.87. The molecule has 0 spiro atoms. The molecule has 18 heavy (non-hydrogen) atoms. The fourth-order valence-electron chi connectivity index (χ4n) is 1.62. The number of nitrogens with one attached hydrogen (secondary N) is 1. The molecular weight excluding hydrogens is 236 g/mol. The smallest absolute Gasteiger partial charge is 0.344 e. The van der Waals surface area contributed by atoms with Crippen LogP contribution in [-0.4, -0.2) is 32.1 Å². The minimum atomic E-state index is -0.531. The number of hydrogen-bond acceptors (Lipinski definition) is 4. The monoisotopic (exact) mass is 254 g/mol. The van der Waals surface area contributed by atoms with Crippen molar-refractivity contribution in [3.63, 3.8) is 0 Å². The van der Waals surface area contributed by atoms with Gasteiger partial charge in [-0.25, -0.2) is 9.48 Å². The van der Waals surface area contributed by atoms with Crippen molar-refractivity contribution in [2.45, 2.75) is 33.4 Å². The number of aryl methyl sites for hydroxylation is 1. The fourth-order valence-corrected chi connectivity index (χ4v) is 1.62. The first-order chi connectivity index (χ1) is 8.32. The summed E-state index contributed by atoms with van der Waals surface area (Å²) in [6.45, 7) is 4.94.